The van der Waals surface area contributed by atoms with Gasteiger partial charge < -0.3 is 15.4 Å². The Balaban J connectivity index is 1.83. The van der Waals surface area contributed by atoms with Gasteiger partial charge in [-0.2, -0.15) is 0 Å². The number of ether oxygens (including phenoxy) is 1. The molecule has 0 saturated carbocycles. The Morgan fingerprint density at radius 2 is 2.09 bits per heavy atom. The van der Waals surface area contributed by atoms with E-state index in [4.69, 9.17) is 4.74 Å². The van der Waals surface area contributed by atoms with Crippen molar-refractivity contribution < 1.29 is 9.53 Å². The van der Waals surface area contributed by atoms with Gasteiger partial charge in [-0.1, -0.05) is 18.2 Å². The number of carbonyl (C=O) groups excluding carboxylic acids is 1. The summed E-state index contributed by atoms with van der Waals surface area (Å²) < 4.78 is 5.33. The number of methoxy groups -OCH3 is 1. The van der Waals surface area contributed by atoms with Crippen LogP contribution < -0.4 is 10.6 Å². The summed E-state index contributed by atoms with van der Waals surface area (Å²) in [6.07, 6.45) is 0.906. The van der Waals surface area contributed by atoms with E-state index in [0.29, 0.717) is 6.54 Å². The Labute approximate surface area is 141 Å². The van der Waals surface area contributed by atoms with Gasteiger partial charge in [-0.15, -0.1) is 11.3 Å². The zero-order valence-corrected chi connectivity index (χ0v) is 14.7. The van der Waals surface area contributed by atoms with E-state index in [1.54, 1.807) is 18.4 Å². The SMILES string of the molecule is COC(C)c1cccc(NC(C)C(=O)NCCc2cccs2)c1. The molecule has 124 valence electrons. The lowest BCUT2D eigenvalue weighted by atomic mass is 10.1. The van der Waals surface area contributed by atoms with Gasteiger partial charge in [0.1, 0.15) is 6.04 Å². The van der Waals surface area contributed by atoms with Gasteiger partial charge in [-0.25, -0.2) is 0 Å². The molecule has 0 saturated heterocycles. The minimum atomic E-state index is -0.286. The highest BCUT2D eigenvalue weighted by molar-refractivity contribution is 7.09. The Bertz CT molecular complexity index is 613. The average molecular weight is 332 g/mol. The molecule has 0 fully saturated rings. The zero-order chi connectivity index (χ0) is 16.7. The van der Waals surface area contributed by atoms with Crippen LogP contribution in [0, 0.1) is 0 Å². The molecule has 2 aromatic rings. The van der Waals surface area contributed by atoms with Crippen molar-refractivity contribution in [3.8, 4) is 0 Å². The molecule has 5 heteroatoms. The highest BCUT2D eigenvalue weighted by Gasteiger charge is 2.13. The van der Waals surface area contributed by atoms with Crippen LogP contribution in [0.4, 0.5) is 5.69 Å². The Morgan fingerprint density at radius 3 is 2.78 bits per heavy atom. The molecule has 1 aromatic heterocycles. The third-order valence-corrected chi connectivity index (χ3v) is 4.67. The monoisotopic (exact) mass is 332 g/mol. The van der Waals surface area contributed by atoms with Crippen molar-refractivity contribution in [3.63, 3.8) is 0 Å². The number of carbonyl (C=O) groups is 1. The smallest absolute Gasteiger partial charge is 0.242 e. The van der Waals surface area contributed by atoms with Crippen LogP contribution in [0.5, 0.6) is 0 Å². The molecule has 0 aliphatic carbocycles. The second-order valence-electron chi connectivity index (χ2n) is 5.49. The summed E-state index contributed by atoms with van der Waals surface area (Å²) >= 11 is 1.71. The van der Waals surface area contributed by atoms with E-state index in [9.17, 15) is 4.79 Å². The molecule has 1 aromatic carbocycles. The number of benzene rings is 1. The summed E-state index contributed by atoms with van der Waals surface area (Å²) in [6.45, 7) is 4.53. The molecule has 2 unspecified atom stereocenters. The number of nitrogens with one attached hydrogen (secondary N) is 2. The maximum atomic E-state index is 12.2. The quantitative estimate of drug-likeness (QED) is 0.776. The fourth-order valence-electron chi connectivity index (χ4n) is 2.25. The van der Waals surface area contributed by atoms with E-state index in [-0.39, 0.29) is 18.1 Å². The summed E-state index contributed by atoms with van der Waals surface area (Å²) in [5.41, 5.74) is 2.01. The predicted molar refractivity (Wildman–Crippen MR) is 96.0 cm³/mol. The van der Waals surface area contributed by atoms with Gasteiger partial charge in [0.2, 0.25) is 5.91 Å². The summed E-state index contributed by atoms with van der Waals surface area (Å²) in [4.78, 5) is 13.4. The van der Waals surface area contributed by atoms with Gasteiger partial charge >= 0.3 is 0 Å². The second kappa shape index (κ2) is 8.70. The van der Waals surface area contributed by atoms with E-state index in [0.717, 1.165) is 17.7 Å². The lowest BCUT2D eigenvalue weighted by Gasteiger charge is -2.17. The number of anilines is 1. The van der Waals surface area contributed by atoms with Gasteiger partial charge in [0.05, 0.1) is 6.10 Å². The summed E-state index contributed by atoms with van der Waals surface area (Å²) in [7, 11) is 1.69. The second-order valence-corrected chi connectivity index (χ2v) is 6.52. The first kappa shape index (κ1) is 17.5. The third kappa shape index (κ3) is 5.37. The number of hydrogen-bond acceptors (Lipinski definition) is 4. The lowest BCUT2D eigenvalue weighted by Crippen LogP contribution is -2.38. The van der Waals surface area contributed by atoms with E-state index in [1.165, 1.54) is 4.88 Å². The molecule has 2 atom stereocenters. The first-order valence-corrected chi connectivity index (χ1v) is 8.67. The molecule has 4 nitrogen and oxygen atoms in total. The largest absolute Gasteiger partial charge is 0.377 e. The predicted octanol–water partition coefficient (Wildman–Crippen LogP) is 3.61. The van der Waals surface area contributed by atoms with Crippen molar-refractivity contribution in [1.29, 1.82) is 0 Å². The maximum absolute atomic E-state index is 12.2. The van der Waals surface area contributed by atoms with Crippen LogP contribution in [0.25, 0.3) is 0 Å². The highest BCUT2D eigenvalue weighted by Crippen LogP contribution is 2.20. The van der Waals surface area contributed by atoms with Crippen LogP contribution >= 0.6 is 11.3 Å². The standard InChI is InChI=1S/C18H24N2O2S/c1-13(18(21)19-10-9-17-8-5-11-23-17)20-16-7-4-6-15(12-16)14(2)22-3/h4-8,11-14,20H,9-10H2,1-3H3,(H,19,21). The molecule has 0 radical (unpaired) electrons. The molecule has 1 heterocycles. The van der Waals surface area contributed by atoms with Gasteiger partial charge in [0, 0.05) is 24.2 Å². The van der Waals surface area contributed by atoms with Gasteiger partial charge in [0.25, 0.3) is 0 Å². The van der Waals surface area contributed by atoms with Gasteiger partial charge in [-0.05, 0) is 49.4 Å². The van der Waals surface area contributed by atoms with Crippen molar-refractivity contribution in [2.45, 2.75) is 32.4 Å². The molecule has 0 aliphatic heterocycles. The van der Waals surface area contributed by atoms with Crippen molar-refractivity contribution in [2.75, 3.05) is 19.0 Å². The number of rotatable bonds is 8. The van der Waals surface area contributed by atoms with E-state index in [1.807, 2.05) is 44.2 Å². The number of hydrogen-bond donors (Lipinski definition) is 2. The third-order valence-electron chi connectivity index (χ3n) is 3.74. The first-order valence-electron chi connectivity index (χ1n) is 7.79. The van der Waals surface area contributed by atoms with Crippen LogP contribution in [0.1, 0.15) is 30.4 Å². The number of thiophene rings is 1. The van der Waals surface area contributed by atoms with Crippen molar-refractivity contribution in [2.24, 2.45) is 0 Å². The molecule has 2 N–H and O–H groups in total. The fourth-order valence-corrected chi connectivity index (χ4v) is 2.96. The molecular weight excluding hydrogens is 308 g/mol. The lowest BCUT2D eigenvalue weighted by molar-refractivity contribution is -0.121. The van der Waals surface area contributed by atoms with Crippen molar-refractivity contribution >= 4 is 22.9 Å². The summed E-state index contributed by atoms with van der Waals surface area (Å²) in [5, 5.41) is 8.26. The Morgan fingerprint density at radius 1 is 1.26 bits per heavy atom. The Hall–Kier alpha value is -1.85. The van der Waals surface area contributed by atoms with E-state index >= 15 is 0 Å². The topological polar surface area (TPSA) is 50.4 Å². The molecule has 0 bridgehead atoms. The van der Waals surface area contributed by atoms with Crippen molar-refractivity contribution in [3.05, 3.63) is 52.2 Å². The molecule has 2 rings (SSSR count). The summed E-state index contributed by atoms with van der Waals surface area (Å²) in [5.74, 6) is 0.00625. The number of amides is 1. The van der Waals surface area contributed by atoms with E-state index in [2.05, 4.69) is 22.1 Å². The van der Waals surface area contributed by atoms with Gasteiger partial charge in [-0.3, -0.25) is 4.79 Å². The summed E-state index contributed by atoms with van der Waals surface area (Å²) in [6, 6.07) is 11.8. The zero-order valence-electron chi connectivity index (χ0n) is 13.8. The minimum absolute atomic E-state index is 0.00625. The van der Waals surface area contributed by atoms with E-state index < -0.39 is 0 Å². The van der Waals surface area contributed by atoms with Crippen LogP contribution in [-0.2, 0) is 16.0 Å². The van der Waals surface area contributed by atoms with Crippen LogP contribution in [-0.4, -0.2) is 25.6 Å². The average Bonchev–Trinajstić information content (AvgIpc) is 3.07. The van der Waals surface area contributed by atoms with Crippen molar-refractivity contribution in [1.82, 2.24) is 5.32 Å². The first-order chi connectivity index (χ1) is 11.1. The molecule has 0 aliphatic rings. The fraction of sp³-hybridized carbons (Fsp3) is 0.389. The Kier molecular flexibility index (Phi) is 6.62. The van der Waals surface area contributed by atoms with Gasteiger partial charge in [0.15, 0.2) is 0 Å². The minimum Gasteiger partial charge on any atom is -0.377 e. The maximum Gasteiger partial charge on any atom is 0.242 e. The van der Waals surface area contributed by atoms with Crippen LogP contribution in [0.3, 0.4) is 0 Å². The molecule has 0 spiro atoms. The molecule has 23 heavy (non-hydrogen) atoms. The molecular formula is C18H24N2O2S. The normalized spacial score (nSPS) is 13.3. The molecule has 1 amide bonds. The van der Waals surface area contributed by atoms with Crippen LogP contribution in [0.2, 0.25) is 0 Å². The van der Waals surface area contributed by atoms with Crippen LogP contribution in [0.15, 0.2) is 41.8 Å². The highest BCUT2D eigenvalue weighted by atomic mass is 32.1.